The van der Waals surface area contributed by atoms with Crippen molar-refractivity contribution in [3.63, 3.8) is 0 Å². The Hall–Kier alpha value is -2.46. The highest BCUT2D eigenvalue weighted by Crippen LogP contribution is 2.27. The van der Waals surface area contributed by atoms with Gasteiger partial charge in [0.25, 0.3) is 5.91 Å². The van der Waals surface area contributed by atoms with Crippen LogP contribution in [-0.4, -0.2) is 59.9 Å². The molecule has 4 rings (SSSR count). The van der Waals surface area contributed by atoms with Gasteiger partial charge in [0, 0.05) is 31.8 Å². The lowest BCUT2D eigenvalue weighted by molar-refractivity contribution is 0.102. The highest BCUT2D eigenvalue weighted by molar-refractivity contribution is 7.89. The predicted molar refractivity (Wildman–Crippen MR) is 118 cm³/mol. The molecule has 0 unspecified atom stereocenters. The van der Waals surface area contributed by atoms with E-state index in [-0.39, 0.29) is 29.0 Å². The fraction of sp³-hybridized carbons (Fsp3) is 0.409. The molecule has 0 saturated carbocycles. The molecule has 2 aliphatic heterocycles. The van der Waals surface area contributed by atoms with E-state index in [1.807, 2.05) is 24.3 Å². The average molecular weight is 446 g/mol. The number of carbonyl (C=O) groups is 1. The van der Waals surface area contributed by atoms with E-state index >= 15 is 0 Å². The summed E-state index contributed by atoms with van der Waals surface area (Å²) in [6, 6.07) is 13.6. The average Bonchev–Trinajstić information content (AvgIpc) is 3.33. The molecule has 1 amide bonds. The van der Waals surface area contributed by atoms with E-state index in [1.165, 1.54) is 12.1 Å². The second-order valence-corrected chi connectivity index (χ2v) is 9.35. The number of hydrogen-bond donors (Lipinski definition) is 2. The number of para-hydroxylation sites is 2. The van der Waals surface area contributed by atoms with Crippen LogP contribution in [0.1, 0.15) is 23.2 Å². The fourth-order valence-corrected chi connectivity index (χ4v) is 4.86. The van der Waals surface area contributed by atoms with Crippen LogP contribution >= 0.6 is 0 Å². The molecule has 0 aliphatic carbocycles. The second-order valence-electron chi connectivity index (χ2n) is 7.59. The van der Waals surface area contributed by atoms with E-state index in [9.17, 15) is 13.2 Å². The van der Waals surface area contributed by atoms with Crippen LogP contribution in [0.3, 0.4) is 0 Å². The molecule has 1 atom stereocenters. The number of amides is 1. The summed E-state index contributed by atoms with van der Waals surface area (Å²) in [5.74, 6) is -0.364. The van der Waals surface area contributed by atoms with E-state index in [0.29, 0.717) is 25.5 Å². The first kappa shape index (κ1) is 21.8. The Labute approximate surface area is 182 Å². The van der Waals surface area contributed by atoms with Crippen molar-refractivity contribution in [2.24, 2.45) is 0 Å². The van der Waals surface area contributed by atoms with Crippen molar-refractivity contribution >= 4 is 27.3 Å². The molecule has 2 heterocycles. The summed E-state index contributed by atoms with van der Waals surface area (Å²) in [5.41, 5.74) is 1.87. The van der Waals surface area contributed by atoms with Crippen LogP contribution in [0.15, 0.2) is 53.4 Å². The van der Waals surface area contributed by atoms with Gasteiger partial charge in [-0.25, -0.2) is 13.1 Å². The lowest BCUT2D eigenvalue weighted by atomic mass is 10.2. The molecule has 2 N–H and O–H groups in total. The SMILES string of the molecule is O=C(Nc1ccccc1N1CCOCC1)c1cccc(S(=O)(=O)NC[C@H]2CCCO2)c1. The molecule has 2 aliphatic rings. The van der Waals surface area contributed by atoms with Gasteiger partial charge in [-0.15, -0.1) is 0 Å². The maximum atomic E-state index is 12.9. The number of nitrogens with zero attached hydrogens (tertiary/aromatic N) is 1. The van der Waals surface area contributed by atoms with Gasteiger partial charge in [0.05, 0.1) is 35.6 Å². The van der Waals surface area contributed by atoms with Crippen LogP contribution in [0.5, 0.6) is 0 Å². The second kappa shape index (κ2) is 9.78. The summed E-state index contributed by atoms with van der Waals surface area (Å²) >= 11 is 0. The molecule has 0 radical (unpaired) electrons. The minimum Gasteiger partial charge on any atom is -0.378 e. The highest BCUT2D eigenvalue weighted by Gasteiger charge is 2.22. The normalized spacial score (nSPS) is 19.4. The van der Waals surface area contributed by atoms with Crippen molar-refractivity contribution in [1.29, 1.82) is 0 Å². The van der Waals surface area contributed by atoms with E-state index in [4.69, 9.17) is 9.47 Å². The zero-order chi connectivity index (χ0) is 21.7. The standard InChI is InChI=1S/C22H27N3O5S/c26-22(24-20-8-1-2-9-21(20)25-10-13-29-14-11-25)17-5-3-7-19(15-17)31(27,28)23-16-18-6-4-12-30-18/h1-3,5,7-9,15,18,23H,4,6,10-14,16H2,(H,24,26)/t18-/m1/s1. The third kappa shape index (κ3) is 5.43. The molecule has 2 saturated heterocycles. The van der Waals surface area contributed by atoms with E-state index in [1.54, 1.807) is 12.1 Å². The molecular weight excluding hydrogens is 418 g/mol. The van der Waals surface area contributed by atoms with E-state index in [2.05, 4.69) is 14.9 Å². The maximum absolute atomic E-state index is 12.9. The minimum atomic E-state index is -3.73. The number of anilines is 2. The lowest BCUT2D eigenvalue weighted by Gasteiger charge is -2.30. The molecule has 8 nitrogen and oxygen atoms in total. The van der Waals surface area contributed by atoms with Crippen molar-refractivity contribution in [2.45, 2.75) is 23.8 Å². The topological polar surface area (TPSA) is 97.0 Å². The Morgan fingerprint density at radius 3 is 2.65 bits per heavy atom. The highest BCUT2D eigenvalue weighted by atomic mass is 32.2. The number of sulfonamides is 1. The summed E-state index contributed by atoms with van der Waals surface area (Å²) in [6.07, 6.45) is 1.68. The van der Waals surface area contributed by atoms with Crippen LogP contribution in [0.2, 0.25) is 0 Å². The monoisotopic (exact) mass is 445 g/mol. The lowest BCUT2D eigenvalue weighted by Crippen LogP contribution is -2.36. The van der Waals surface area contributed by atoms with Crippen molar-refractivity contribution in [3.05, 3.63) is 54.1 Å². The number of hydrogen-bond acceptors (Lipinski definition) is 6. The van der Waals surface area contributed by atoms with Gasteiger partial charge in [0.2, 0.25) is 10.0 Å². The van der Waals surface area contributed by atoms with Gasteiger partial charge in [0.15, 0.2) is 0 Å². The molecule has 2 aromatic carbocycles. The van der Waals surface area contributed by atoms with Gasteiger partial charge in [-0.1, -0.05) is 18.2 Å². The van der Waals surface area contributed by atoms with Crippen molar-refractivity contribution in [1.82, 2.24) is 4.72 Å². The van der Waals surface area contributed by atoms with Crippen LogP contribution in [0.4, 0.5) is 11.4 Å². The van der Waals surface area contributed by atoms with Crippen molar-refractivity contribution in [2.75, 3.05) is 49.7 Å². The Morgan fingerprint density at radius 1 is 1.06 bits per heavy atom. The molecule has 166 valence electrons. The zero-order valence-corrected chi connectivity index (χ0v) is 18.1. The number of nitrogens with one attached hydrogen (secondary N) is 2. The molecule has 0 bridgehead atoms. The molecule has 2 aromatic rings. The van der Waals surface area contributed by atoms with Crippen LogP contribution in [0.25, 0.3) is 0 Å². The predicted octanol–water partition coefficient (Wildman–Crippen LogP) is 2.23. The first-order valence-corrected chi connectivity index (χ1v) is 12.0. The number of ether oxygens (including phenoxy) is 2. The van der Waals surface area contributed by atoms with Crippen LogP contribution in [0, 0.1) is 0 Å². The summed E-state index contributed by atoms with van der Waals surface area (Å²) in [6.45, 7) is 3.66. The molecular formula is C22H27N3O5S. The van der Waals surface area contributed by atoms with E-state index in [0.717, 1.165) is 31.6 Å². The number of rotatable bonds is 7. The Bertz CT molecular complexity index is 1020. The van der Waals surface area contributed by atoms with Gasteiger partial charge in [-0.3, -0.25) is 4.79 Å². The summed E-state index contributed by atoms with van der Waals surface area (Å²) in [4.78, 5) is 15.1. The molecule has 31 heavy (non-hydrogen) atoms. The van der Waals surface area contributed by atoms with Crippen LogP contribution < -0.4 is 14.9 Å². The van der Waals surface area contributed by atoms with Gasteiger partial charge in [0.1, 0.15) is 0 Å². The summed E-state index contributed by atoms with van der Waals surface area (Å²) < 4.78 is 38.8. The third-order valence-corrected chi connectivity index (χ3v) is 6.86. The number of morpholine rings is 1. The summed E-state index contributed by atoms with van der Waals surface area (Å²) in [5, 5.41) is 2.92. The number of benzene rings is 2. The van der Waals surface area contributed by atoms with Gasteiger partial charge in [-0.2, -0.15) is 0 Å². The van der Waals surface area contributed by atoms with E-state index < -0.39 is 10.0 Å². The Balaban J connectivity index is 1.47. The van der Waals surface area contributed by atoms with Crippen LogP contribution in [-0.2, 0) is 19.5 Å². The van der Waals surface area contributed by atoms with Crippen molar-refractivity contribution < 1.29 is 22.7 Å². The zero-order valence-electron chi connectivity index (χ0n) is 17.2. The first-order chi connectivity index (χ1) is 15.0. The molecule has 0 aromatic heterocycles. The van der Waals surface area contributed by atoms with Gasteiger partial charge >= 0.3 is 0 Å². The van der Waals surface area contributed by atoms with Gasteiger partial charge in [-0.05, 0) is 43.2 Å². The summed E-state index contributed by atoms with van der Waals surface area (Å²) in [7, 11) is -3.73. The minimum absolute atomic E-state index is 0.0552. The molecule has 2 fully saturated rings. The van der Waals surface area contributed by atoms with Crippen molar-refractivity contribution in [3.8, 4) is 0 Å². The van der Waals surface area contributed by atoms with Gasteiger partial charge < -0.3 is 19.7 Å². The Kier molecular flexibility index (Phi) is 6.86. The molecule has 0 spiro atoms. The fourth-order valence-electron chi connectivity index (χ4n) is 3.75. The largest absolute Gasteiger partial charge is 0.378 e. The quantitative estimate of drug-likeness (QED) is 0.679. The number of carbonyl (C=O) groups excluding carboxylic acids is 1. The Morgan fingerprint density at radius 2 is 1.87 bits per heavy atom. The molecule has 9 heteroatoms. The maximum Gasteiger partial charge on any atom is 0.255 e. The third-order valence-electron chi connectivity index (χ3n) is 5.44. The first-order valence-electron chi connectivity index (χ1n) is 10.5. The smallest absolute Gasteiger partial charge is 0.255 e.